The second kappa shape index (κ2) is 5.85. The van der Waals surface area contributed by atoms with Gasteiger partial charge in [0.2, 0.25) is 0 Å². The van der Waals surface area contributed by atoms with Crippen molar-refractivity contribution in [2.45, 2.75) is 23.6 Å². The van der Waals surface area contributed by atoms with Crippen molar-refractivity contribution in [2.75, 3.05) is 6.54 Å². The molecule has 0 aliphatic rings. The fourth-order valence-electron chi connectivity index (χ4n) is 0.891. The molecule has 0 aliphatic heterocycles. The summed E-state index contributed by atoms with van der Waals surface area (Å²) >= 11 is 1.96. The van der Waals surface area contributed by atoms with Gasteiger partial charge in [-0.3, -0.25) is 0 Å². The molecule has 0 spiro atoms. The Kier molecular flexibility index (Phi) is 5.95. The third-order valence-corrected chi connectivity index (χ3v) is 2.54. The van der Waals surface area contributed by atoms with E-state index >= 15 is 0 Å². The van der Waals surface area contributed by atoms with Crippen molar-refractivity contribution in [1.29, 1.82) is 0 Å². The zero-order valence-electron chi connectivity index (χ0n) is 7.37. The predicted octanol–water partition coefficient (Wildman–Crippen LogP) is 3.11. The van der Waals surface area contributed by atoms with Crippen LogP contribution >= 0.6 is 22.6 Å². The first-order valence-electron chi connectivity index (χ1n) is 3.98. The molecule has 13 heavy (non-hydrogen) atoms. The van der Waals surface area contributed by atoms with Crippen molar-refractivity contribution in [3.8, 4) is 0 Å². The van der Waals surface area contributed by atoms with Crippen LogP contribution in [0.1, 0.15) is 13.3 Å². The summed E-state index contributed by atoms with van der Waals surface area (Å²) in [7, 11) is 0. The Morgan fingerprint density at radius 3 is 2.38 bits per heavy atom. The van der Waals surface area contributed by atoms with E-state index in [2.05, 4.69) is 11.9 Å². The molecule has 1 nitrogen and oxygen atoms in total. The van der Waals surface area contributed by atoms with E-state index in [4.69, 9.17) is 0 Å². The molecule has 0 radical (unpaired) electrons. The third-order valence-electron chi connectivity index (χ3n) is 1.59. The summed E-state index contributed by atoms with van der Waals surface area (Å²) in [5.74, 6) is -1.41. The summed E-state index contributed by atoms with van der Waals surface area (Å²) in [6.07, 6.45) is -3.16. The van der Waals surface area contributed by atoms with E-state index in [-0.39, 0.29) is 10.5 Å². The number of hydrogen-bond donors (Lipinski definition) is 1. The highest BCUT2D eigenvalue weighted by molar-refractivity contribution is 14.1. The minimum Gasteiger partial charge on any atom is -0.306 e. The van der Waals surface area contributed by atoms with Gasteiger partial charge in [-0.05, 0) is 13.0 Å². The van der Waals surface area contributed by atoms with Crippen LogP contribution in [0.4, 0.5) is 13.2 Å². The van der Waals surface area contributed by atoms with Crippen molar-refractivity contribution in [1.82, 2.24) is 5.32 Å². The van der Waals surface area contributed by atoms with Crippen molar-refractivity contribution in [3.05, 3.63) is 12.7 Å². The van der Waals surface area contributed by atoms with Crippen molar-refractivity contribution in [2.24, 2.45) is 5.92 Å². The second-order valence-electron chi connectivity index (χ2n) is 2.64. The van der Waals surface area contributed by atoms with Crippen LogP contribution in [-0.2, 0) is 0 Å². The van der Waals surface area contributed by atoms with Gasteiger partial charge in [-0.2, -0.15) is 13.2 Å². The Labute approximate surface area is 89.9 Å². The van der Waals surface area contributed by atoms with Gasteiger partial charge in [-0.15, -0.1) is 6.58 Å². The second-order valence-corrected chi connectivity index (χ2v) is 4.15. The third kappa shape index (κ3) is 5.51. The Morgan fingerprint density at radius 2 is 2.08 bits per heavy atom. The van der Waals surface area contributed by atoms with E-state index < -0.39 is 12.1 Å². The monoisotopic (exact) mass is 307 g/mol. The lowest BCUT2D eigenvalue weighted by Crippen LogP contribution is -2.30. The van der Waals surface area contributed by atoms with E-state index in [1.807, 2.05) is 29.5 Å². The Bertz CT molecular complexity index is 158. The van der Waals surface area contributed by atoms with E-state index in [1.54, 1.807) is 0 Å². The number of hydrogen-bond acceptors (Lipinski definition) is 1. The van der Waals surface area contributed by atoms with Gasteiger partial charge in [-0.25, -0.2) is 0 Å². The summed E-state index contributed by atoms with van der Waals surface area (Å²) in [4.78, 5) is 0. The van der Waals surface area contributed by atoms with Crippen molar-refractivity contribution < 1.29 is 13.2 Å². The molecular weight excluding hydrogens is 294 g/mol. The molecule has 0 aliphatic carbocycles. The molecule has 0 aromatic rings. The van der Waals surface area contributed by atoms with E-state index in [9.17, 15) is 13.2 Å². The minimum absolute atomic E-state index is 0.0431. The van der Waals surface area contributed by atoms with Gasteiger partial charge in [0.1, 0.15) is 0 Å². The molecule has 0 rings (SSSR count). The van der Waals surface area contributed by atoms with Crippen LogP contribution in [0.2, 0.25) is 0 Å². The quantitative estimate of drug-likeness (QED) is 0.356. The van der Waals surface area contributed by atoms with Crippen LogP contribution in [0.15, 0.2) is 12.7 Å². The molecule has 78 valence electrons. The van der Waals surface area contributed by atoms with Crippen LogP contribution in [0, 0.1) is 5.92 Å². The largest absolute Gasteiger partial charge is 0.395 e. The molecule has 0 heterocycles. The molecule has 2 unspecified atom stereocenters. The number of halogens is 4. The van der Waals surface area contributed by atoms with E-state index in [0.717, 1.165) is 6.08 Å². The van der Waals surface area contributed by atoms with Gasteiger partial charge in [0.25, 0.3) is 0 Å². The smallest absolute Gasteiger partial charge is 0.306 e. The maximum Gasteiger partial charge on any atom is 0.395 e. The van der Waals surface area contributed by atoms with Crippen LogP contribution in [0.3, 0.4) is 0 Å². The molecule has 0 amide bonds. The number of rotatable bonds is 5. The zero-order valence-corrected chi connectivity index (χ0v) is 9.52. The fraction of sp³-hybridized carbons (Fsp3) is 0.750. The topological polar surface area (TPSA) is 12.0 Å². The minimum atomic E-state index is -4.17. The molecule has 2 atom stereocenters. The van der Waals surface area contributed by atoms with Gasteiger partial charge < -0.3 is 5.32 Å². The van der Waals surface area contributed by atoms with Gasteiger partial charge >= 0.3 is 6.18 Å². The van der Waals surface area contributed by atoms with Crippen molar-refractivity contribution >= 4 is 22.6 Å². The number of allylic oxidation sites excluding steroid dienone is 1. The normalized spacial score (nSPS) is 16.7. The lowest BCUT2D eigenvalue weighted by Gasteiger charge is -2.19. The lowest BCUT2D eigenvalue weighted by atomic mass is 10.1. The molecule has 0 saturated carbocycles. The first kappa shape index (κ1) is 13.2. The van der Waals surface area contributed by atoms with Crippen LogP contribution in [-0.4, -0.2) is 16.8 Å². The van der Waals surface area contributed by atoms with Gasteiger partial charge in [0, 0.05) is 0 Å². The van der Waals surface area contributed by atoms with Gasteiger partial charge in [-0.1, -0.05) is 35.6 Å². The van der Waals surface area contributed by atoms with Crippen LogP contribution in [0.5, 0.6) is 0 Å². The average molecular weight is 307 g/mol. The van der Waals surface area contributed by atoms with Gasteiger partial charge in [0.05, 0.1) is 9.97 Å². The SMILES string of the molecule is C=CC(CC(I)NCC)C(F)(F)F. The highest BCUT2D eigenvalue weighted by atomic mass is 127. The lowest BCUT2D eigenvalue weighted by molar-refractivity contribution is -0.162. The predicted molar refractivity (Wildman–Crippen MR) is 55.8 cm³/mol. The molecule has 1 N–H and O–H groups in total. The van der Waals surface area contributed by atoms with Crippen LogP contribution < -0.4 is 5.32 Å². The maximum absolute atomic E-state index is 12.2. The molecule has 0 fully saturated rings. The molecule has 0 aromatic heterocycles. The van der Waals surface area contributed by atoms with E-state index in [0.29, 0.717) is 6.54 Å². The summed E-state index contributed by atoms with van der Waals surface area (Å²) in [6, 6.07) is 0. The Hall–Kier alpha value is 0.220. The first-order valence-corrected chi connectivity index (χ1v) is 5.23. The molecule has 0 bridgehead atoms. The standard InChI is InChI=1S/C8H13F3IN/c1-3-6(8(9,10)11)5-7(12)13-4-2/h3,6-7,13H,1,4-5H2,2H3. The number of alkyl halides is 4. The molecular formula is C8H13F3IN. The highest BCUT2D eigenvalue weighted by Gasteiger charge is 2.38. The molecule has 0 aromatic carbocycles. The first-order chi connectivity index (χ1) is 5.91. The maximum atomic E-state index is 12.2. The van der Waals surface area contributed by atoms with Gasteiger partial charge in [0.15, 0.2) is 0 Å². The summed E-state index contributed by atoms with van der Waals surface area (Å²) in [6.45, 7) is 5.73. The molecule has 0 saturated heterocycles. The summed E-state index contributed by atoms with van der Waals surface area (Å²) in [5.41, 5.74) is 0. The zero-order chi connectivity index (χ0) is 10.5. The highest BCUT2D eigenvalue weighted by Crippen LogP contribution is 2.31. The average Bonchev–Trinajstić information content (AvgIpc) is 1.98. The summed E-state index contributed by atoms with van der Waals surface area (Å²) < 4.78 is 36.5. The molecule has 5 heteroatoms. The Morgan fingerprint density at radius 1 is 1.54 bits per heavy atom. The van der Waals surface area contributed by atoms with Crippen molar-refractivity contribution in [3.63, 3.8) is 0 Å². The fourth-order valence-corrected chi connectivity index (χ4v) is 1.88. The van der Waals surface area contributed by atoms with E-state index in [1.165, 1.54) is 0 Å². The Balaban J connectivity index is 4.05. The summed E-state index contributed by atoms with van der Waals surface area (Å²) in [5, 5.41) is 2.92. The number of nitrogens with one attached hydrogen (secondary N) is 1. The van der Waals surface area contributed by atoms with Crippen LogP contribution in [0.25, 0.3) is 0 Å².